The first-order valence-corrected chi connectivity index (χ1v) is 5.91. The van der Waals surface area contributed by atoms with Crippen molar-refractivity contribution in [1.29, 1.82) is 0 Å². The van der Waals surface area contributed by atoms with E-state index in [0.29, 0.717) is 0 Å². The molecule has 0 atom stereocenters. The summed E-state index contributed by atoms with van der Waals surface area (Å²) in [5.41, 5.74) is 6.68. The summed E-state index contributed by atoms with van der Waals surface area (Å²) < 4.78 is 0. The van der Waals surface area contributed by atoms with Gasteiger partial charge in [0.15, 0.2) is 0 Å². The molecule has 2 N–H and O–H groups in total. The number of nitrogen functional groups attached to an aromatic ring is 1. The Labute approximate surface area is 93.0 Å². The van der Waals surface area contributed by atoms with Crippen LogP contribution < -0.4 is 5.73 Å². The van der Waals surface area contributed by atoms with Gasteiger partial charge in [-0.1, -0.05) is 13.0 Å². The van der Waals surface area contributed by atoms with Crippen molar-refractivity contribution >= 4 is 23.1 Å². The van der Waals surface area contributed by atoms with Crippen LogP contribution in [0.5, 0.6) is 0 Å². The zero-order valence-corrected chi connectivity index (χ0v) is 9.42. The lowest BCUT2D eigenvalue weighted by molar-refractivity contribution is -0.383. The molecule has 0 fully saturated rings. The van der Waals surface area contributed by atoms with Gasteiger partial charge in [0.05, 0.1) is 4.92 Å². The lowest BCUT2D eigenvalue weighted by atomic mass is 10.2. The van der Waals surface area contributed by atoms with Gasteiger partial charge in [-0.05, 0) is 23.8 Å². The molecule has 0 saturated heterocycles. The minimum atomic E-state index is -0.441. The van der Waals surface area contributed by atoms with Crippen molar-refractivity contribution in [1.82, 2.24) is 0 Å². The molecule has 1 aromatic carbocycles. The van der Waals surface area contributed by atoms with E-state index in [0.717, 1.165) is 23.5 Å². The van der Waals surface area contributed by atoms with E-state index < -0.39 is 4.92 Å². The van der Waals surface area contributed by atoms with Crippen molar-refractivity contribution in [3.8, 4) is 0 Å². The molecule has 0 saturated carbocycles. The molecule has 82 valence electrons. The molecule has 1 aromatic rings. The Kier molecular flexibility index (Phi) is 4.42. The summed E-state index contributed by atoms with van der Waals surface area (Å²) in [6.07, 6.45) is 1.11. The second-order valence-corrected chi connectivity index (χ2v) is 4.31. The van der Waals surface area contributed by atoms with E-state index in [1.165, 1.54) is 0 Å². The molecule has 0 aliphatic rings. The molecule has 0 heterocycles. The van der Waals surface area contributed by atoms with Crippen molar-refractivity contribution in [3.63, 3.8) is 0 Å². The van der Waals surface area contributed by atoms with Crippen molar-refractivity contribution in [3.05, 3.63) is 33.9 Å². The van der Waals surface area contributed by atoms with E-state index in [-0.39, 0.29) is 11.4 Å². The molecule has 15 heavy (non-hydrogen) atoms. The van der Waals surface area contributed by atoms with Gasteiger partial charge in [0.2, 0.25) is 0 Å². The van der Waals surface area contributed by atoms with Crippen LogP contribution in [0.15, 0.2) is 18.2 Å². The fourth-order valence-corrected chi connectivity index (χ4v) is 2.02. The number of nitrogens with two attached hydrogens (primary N) is 1. The van der Waals surface area contributed by atoms with Crippen LogP contribution in [0.2, 0.25) is 0 Å². The molecule has 0 amide bonds. The van der Waals surface area contributed by atoms with Crippen molar-refractivity contribution in [2.75, 3.05) is 11.5 Å². The number of nitro benzene ring substituents is 1. The van der Waals surface area contributed by atoms with Crippen LogP contribution >= 0.6 is 11.8 Å². The number of rotatable bonds is 5. The molecule has 0 radical (unpaired) electrons. The Hall–Kier alpha value is -1.23. The predicted octanol–water partition coefficient (Wildman–Crippen LogP) is 2.82. The summed E-state index contributed by atoms with van der Waals surface area (Å²) in [5.74, 6) is 1.87. The highest BCUT2D eigenvalue weighted by Gasteiger charge is 2.11. The lowest BCUT2D eigenvalue weighted by Crippen LogP contribution is -1.96. The largest absolute Gasteiger partial charge is 0.393 e. The molecular formula is C10H14N2O2S. The average molecular weight is 226 g/mol. The minimum absolute atomic E-state index is 0.00426. The van der Waals surface area contributed by atoms with Gasteiger partial charge in [-0.25, -0.2) is 0 Å². The Morgan fingerprint density at radius 2 is 2.27 bits per heavy atom. The molecule has 0 aliphatic carbocycles. The second kappa shape index (κ2) is 5.60. The molecule has 0 spiro atoms. The first-order valence-electron chi connectivity index (χ1n) is 4.75. The summed E-state index contributed by atoms with van der Waals surface area (Å²) in [6, 6.07) is 4.99. The molecular weight excluding hydrogens is 212 g/mol. The highest BCUT2D eigenvalue weighted by molar-refractivity contribution is 7.98. The summed E-state index contributed by atoms with van der Waals surface area (Å²) in [7, 11) is 0. The number of hydrogen-bond acceptors (Lipinski definition) is 4. The summed E-state index contributed by atoms with van der Waals surface area (Å²) >= 11 is 1.77. The number of anilines is 1. The Morgan fingerprint density at radius 3 is 2.87 bits per heavy atom. The standard InChI is InChI=1S/C10H14N2O2S/c1-2-5-15-7-8-3-4-9(11)10(6-8)12(13)14/h3-4,6H,2,5,7,11H2,1H3. The van der Waals surface area contributed by atoms with Crippen molar-refractivity contribution in [2.45, 2.75) is 19.1 Å². The molecule has 5 heteroatoms. The maximum atomic E-state index is 10.6. The summed E-state index contributed by atoms with van der Waals surface area (Å²) in [6.45, 7) is 2.11. The van der Waals surface area contributed by atoms with Crippen LogP contribution in [-0.2, 0) is 5.75 Å². The van der Waals surface area contributed by atoms with E-state index in [4.69, 9.17) is 5.73 Å². The van der Waals surface area contributed by atoms with Gasteiger partial charge in [0, 0.05) is 11.8 Å². The zero-order chi connectivity index (χ0) is 11.3. The number of thioether (sulfide) groups is 1. The Morgan fingerprint density at radius 1 is 1.53 bits per heavy atom. The lowest BCUT2D eigenvalue weighted by Gasteiger charge is -2.02. The van der Waals surface area contributed by atoms with Gasteiger partial charge in [0.1, 0.15) is 5.69 Å². The first kappa shape index (κ1) is 11.8. The highest BCUT2D eigenvalue weighted by atomic mass is 32.2. The average Bonchev–Trinajstić information content (AvgIpc) is 2.20. The van der Waals surface area contributed by atoms with Gasteiger partial charge in [-0.3, -0.25) is 10.1 Å². The summed E-state index contributed by atoms with van der Waals surface area (Å²) in [4.78, 5) is 10.2. The third-order valence-corrected chi connectivity index (χ3v) is 3.14. The van der Waals surface area contributed by atoms with Gasteiger partial charge >= 0.3 is 0 Å². The maximum Gasteiger partial charge on any atom is 0.292 e. The maximum absolute atomic E-state index is 10.6. The fraction of sp³-hybridized carbons (Fsp3) is 0.400. The number of nitrogens with zero attached hydrogens (tertiary/aromatic N) is 1. The predicted molar refractivity (Wildman–Crippen MR) is 64.0 cm³/mol. The van der Waals surface area contributed by atoms with Crippen LogP contribution in [-0.4, -0.2) is 10.7 Å². The minimum Gasteiger partial charge on any atom is -0.393 e. The van der Waals surface area contributed by atoms with Crippen LogP contribution in [0.3, 0.4) is 0 Å². The van der Waals surface area contributed by atoms with Crippen LogP contribution in [0.4, 0.5) is 11.4 Å². The third-order valence-electron chi connectivity index (χ3n) is 1.91. The third kappa shape index (κ3) is 3.43. The highest BCUT2D eigenvalue weighted by Crippen LogP contribution is 2.24. The van der Waals surface area contributed by atoms with Gasteiger partial charge < -0.3 is 5.73 Å². The SMILES string of the molecule is CCCSCc1ccc(N)c([N+](=O)[O-])c1. The van der Waals surface area contributed by atoms with E-state index in [1.54, 1.807) is 23.9 Å². The van der Waals surface area contributed by atoms with Crippen molar-refractivity contribution < 1.29 is 4.92 Å². The molecule has 1 rings (SSSR count). The monoisotopic (exact) mass is 226 g/mol. The van der Waals surface area contributed by atoms with E-state index in [9.17, 15) is 10.1 Å². The van der Waals surface area contributed by atoms with Crippen molar-refractivity contribution in [2.24, 2.45) is 0 Å². The molecule has 4 nitrogen and oxygen atoms in total. The Bertz CT molecular complexity index is 355. The van der Waals surface area contributed by atoms with E-state index in [1.807, 2.05) is 6.07 Å². The quantitative estimate of drug-likeness (QED) is 0.363. The van der Waals surface area contributed by atoms with E-state index >= 15 is 0 Å². The normalized spacial score (nSPS) is 10.2. The number of nitro groups is 1. The van der Waals surface area contributed by atoms with Gasteiger partial charge in [-0.2, -0.15) is 11.8 Å². The summed E-state index contributed by atoms with van der Waals surface area (Å²) in [5, 5.41) is 10.6. The first-order chi connectivity index (χ1) is 7.15. The number of hydrogen-bond donors (Lipinski definition) is 1. The van der Waals surface area contributed by atoms with Crippen LogP contribution in [0, 0.1) is 10.1 Å². The van der Waals surface area contributed by atoms with Gasteiger partial charge in [-0.15, -0.1) is 0 Å². The molecule has 0 unspecified atom stereocenters. The Balaban J connectivity index is 2.74. The topological polar surface area (TPSA) is 69.2 Å². The van der Waals surface area contributed by atoms with Crippen LogP contribution in [0.25, 0.3) is 0 Å². The fourth-order valence-electron chi connectivity index (χ4n) is 1.17. The zero-order valence-electron chi connectivity index (χ0n) is 8.60. The van der Waals surface area contributed by atoms with Crippen LogP contribution in [0.1, 0.15) is 18.9 Å². The molecule has 0 bridgehead atoms. The second-order valence-electron chi connectivity index (χ2n) is 3.20. The molecule has 0 aliphatic heterocycles. The number of benzene rings is 1. The van der Waals surface area contributed by atoms with Gasteiger partial charge in [0.25, 0.3) is 5.69 Å². The van der Waals surface area contributed by atoms with E-state index in [2.05, 4.69) is 6.92 Å². The smallest absolute Gasteiger partial charge is 0.292 e. The molecule has 0 aromatic heterocycles.